The molecule has 0 fully saturated rings. The van der Waals surface area contributed by atoms with Crippen molar-refractivity contribution >= 4 is 27.5 Å². The smallest absolute Gasteiger partial charge is 0.269 e. The number of anilines is 1. The number of amides is 1. The summed E-state index contributed by atoms with van der Waals surface area (Å²) < 4.78 is 0.748. The lowest BCUT2D eigenvalue weighted by atomic mass is 10.1. The zero-order valence-electron chi connectivity index (χ0n) is 7.98. The Kier molecular flexibility index (Phi) is 4.07. The molecule has 1 rings (SSSR count). The highest BCUT2D eigenvalue weighted by molar-refractivity contribution is 9.10. The average molecular weight is 274 g/mol. The molecule has 1 amide bonds. The van der Waals surface area contributed by atoms with Gasteiger partial charge in [0.25, 0.3) is 5.91 Å². The summed E-state index contributed by atoms with van der Waals surface area (Å²) in [6.07, 6.45) is 0. The molecular formula is C9H12BrN3O2. The molecule has 0 saturated heterocycles. The van der Waals surface area contributed by atoms with E-state index in [-0.39, 0.29) is 13.2 Å². The number of carbonyl (C=O) groups is 1. The Labute approximate surface area is 95.8 Å². The Morgan fingerprint density at radius 2 is 2.20 bits per heavy atom. The van der Waals surface area contributed by atoms with E-state index in [0.29, 0.717) is 11.3 Å². The minimum absolute atomic E-state index is 0.0742. The lowest BCUT2D eigenvalue weighted by molar-refractivity contribution is 0.0723. The number of benzene rings is 1. The van der Waals surface area contributed by atoms with Crippen molar-refractivity contribution in [3.8, 4) is 0 Å². The van der Waals surface area contributed by atoms with E-state index < -0.39 is 5.91 Å². The van der Waals surface area contributed by atoms with E-state index in [1.165, 1.54) is 0 Å². The molecule has 0 radical (unpaired) electrons. The second-order valence-electron chi connectivity index (χ2n) is 2.95. The van der Waals surface area contributed by atoms with Crippen LogP contribution in [0.5, 0.6) is 0 Å². The van der Waals surface area contributed by atoms with Crippen molar-refractivity contribution in [2.24, 2.45) is 5.84 Å². The summed E-state index contributed by atoms with van der Waals surface area (Å²) in [4.78, 5) is 11.7. The summed E-state index contributed by atoms with van der Waals surface area (Å²) in [6.45, 7) is -0.110. The van der Waals surface area contributed by atoms with E-state index in [9.17, 15) is 4.79 Å². The molecule has 0 bridgehead atoms. The van der Waals surface area contributed by atoms with Crippen LogP contribution in [0.4, 0.5) is 5.69 Å². The fourth-order valence-electron chi connectivity index (χ4n) is 1.08. The minimum Gasteiger partial charge on any atom is -0.398 e. The molecule has 0 atom stereocenters. The van der Waals surface area contributed by atoms with Crippen molar-refractivity contribution in [3.05, 3.63) is 28.2 Å². The van der Waals surface area contributed by atoms with Gasteiger partial charge in [0.2, 0.25) is 0 Å². The van der Waals surface area contributed by atoms with E-state index in [1.807, 2.05) is 0 Å². The molecule has 0 aliphatic heterocycles. The largest absolute Gasteiger partial charge is 0.398 e. The molecule has 0 aliphatic carbocycles. The first-order chi connectivity index (χ1) is 7.06. The summed E-state index contributed by atoms with van der Waals surface area (Å²) in [5.41, 5.74) is 6.32. The SMILES string of the molecule is Nc1ccc(Br)cc1C(=O)N(N)CCO. The Balaban J connectivity index is 2.95. The van der Waals surface area contributed by atoms with E-state index in [2.05, 4.69) is 15.9 Å². The number of carbonyl (C=O) groups excluding carboxylic acids is 1. The highest BCUT2D eigenvalue weighted by Crippen LogP contribution is 2.19. The lowest BCUT2D eigenvalue weighted by Crippen LogP contribution is -2.39. The van der Waals surface area contributed by atoms with Gasteiger partial charge in [-0.2, -0.15) is 0 Å². The Hall–Kier alpha value is -1.11. The predicted molar refractivity (Wildman–Crippen MR) is 60.9 cm³/mol. The minimum atomic E-state index is -0.414. The second kappa shape index (κ2) is 5.11. The summed E-state index contributed by atoms with van der Waals surface area (Å²) in [6, 6.07) is 4.94. The summed E-state index contributed by atoms with van der Waals surface area (Å²) in [5.74, 6) is 5.02. The van der Waals surface area contributed by atoms with Gasteiger partial charge in [0.15, 0.2) is 0 Å². The first kappa shape index (κ1) is 12.0. The Morgan fingerprint density at radius 3 is 2.80 bits per heavy atom. The number of hydrogen-bond donors (Lipinski definition) is 3. The maximum atomic E-state index is 11.7. The van der Waals surface area contributed by atoms with Crippen molar-refractivity contribution in [1.82, 2.24) is 5.01 Å². The fraction of sp³-hybridized carbons (Fsp3) is 0.222. The van der Waals surface area contributed by atoms with Gasteiger partial charge in [0, 0.05) is 10.2 Å². The summed E-state index contributed by atoms with van der Waals surface area (Å²) >= 11 is 3.24. The third-order valence-corrected chi connectivity index (χ3v) is 2.34. The number of hydrazine groups is 1. The maximum Gasteiger partial charge on any atom is 0.269 e. The maximum absolute atomic E-state index is 11.7. The molecule has 1 aromatic rings. The molecule has 1 aromatic carbocycles. The number of nitrogen functional groups attached to an aromatic ring is 1. The number of rotatable bonds is 3. The van der Waals surface area contributed by atoms with Crippen molar-refractivity contribution in [1.29, 1.82) is 0 Å². The second-order valence-corrected chi connectivity index (χ2v) is 3.87. The highest BCUT2D eigenvalue weighted by Gasteiger charge is 2.14. The highest BCUT2D eigenvalue weighted by atomic mass is 79.9. The van der Waals surface area contributed by atoms with Crippen molar-refractivity contribution < 1.29 is 9.90 Å². The van der Waals surface area contributed by atoms with Crippen LogP contribution in [0.25, 0.3) is 0 Å². The number of halogens is 1. The molecule has 5 nitrogen and oxygen atoms in total. The molecule has 0 aromatic heterocycles. The van der Waals surface area contributed by atoms with Crippen LogP contribution in [-0.2, 0) is 0 Å². The van der Waals surface area contributed by atoms with Crippen LogP contribution >= 0.6 is 15.9 Å². The zero-order valence-corrected chi connectivity index (χ0v) is 9.57. The van der Waals surface area contributed by atoms with E-state index >= 15 is 0 Å². The molecule has 82 valence electrons. The van der Waals surface area contributed by atoms with Gasteiger partial charge in [-0.05, 0) is 18.2 Å². The Bertz CT molecular complexity index is 370. The molecule has 6 heteroatoms. The van der Waals surface area contributed by atoms with Crippen molar-refractivity contribution in [2.75, 3.05) is 18.9 Å². The first-order valence-corrected chi connectivity index (χ1v) is 5.08. The first-order valence-electron chi connectivity index (χ1n) is 4.28. The molecular weight excluding hydrogens is 262 g/mol. The van der Waals surface area contributed by atoms with Crippen LogP contribution in [0.1, 0.15) is 10.4 Å². The average Bonchev–Trinajstić information content (AvgIpc) is 2.21. The van der Waals surface area contributed by atoms with Crippen LogP contribution in [0.2, 0.25) is 0 Å². The summed E-state index contributed by atoms with van der Waals surface area (Å²) in [5, 5.41) is 9.57. The number of hydrogen-bond acceptors (Lipinski definition) is 4. The van der Waals surface area contributed by atoms with Crippen molar-refractivity contribution in [3.63, 3.8) is 0 Å². The monoisotopic (exact) mass is 273 g/mol. The lowest BCUT2D eigenvalue weighted by Gasteiger charge is -2.16. The Morgan fingerprint density at radius 1 is 1.53 bits per heavy atom. The van der Waals surface area contributed by atoms with E-state index in [0.717, 1.165) is 9.48 Å². The molecule has 0 unspecified atom stereocenters. The van der Waals surface area contributed by atoms with Gasteiger partial charge in [-0.25, -0.2) is 5.84 Å². The van der Waals surface area contributed by atoms with E-state index in [4.69, 9.17) is 16.7 Å². The van der Waals surface area contributed by atoms with Crippen LogP contribution < -0.4 is 11.6 Å². The topological polar surface area (TPSA) is 92.6 Å². The van der Waals surface area contributed by atoms with Crippen LogP contribution in [0, 0.1) is 0 Å². The molecule has 0 saturated carbocycles. The number of nitrogens with zero attached hydrogens (tertiary/aromatic N) is 1. The third kappa shape index (κ3) is 2.92. The molecule has 0 spiro atoms. The van der Waals surface area contributed by atoms with Crippen LogP contribution in [-0.4, -0.2) is 29.2 Å². The number of aliphatic hydroxyl groups excluding tert-OH is 1. The van der Waals surface area contributed by atoms with Gasteiger partial charge < -0.3 is 10.8 Å². The number of nitrogens with two attached hydrogens (primary N) is 2. The van der Waals surface area contributed by atoms with Gasteiger partial charge >= 0.3 is 0 Å². The predicted octanol–water partition coefficient (Wildman–Crippen LogP) is 0.340. The molecule has 0 aliphatic rings. The quantitative estimate of drug-likeness (QED) is 0.321. The van der Waals surface area contributed by atoms with Crippen molar-refractivity contribution in [2.45, 2.75) is 0 Å². The zero-order chi connectivity index (χ0) is 11.4. The van der Waals surface area contributed by atoms with Gasteiger partial charge in [-0.3, -0.25) is 9.80 Å². The van der Waals surface area contributed by atoms with E-state index in [1.54, 1.807) is 18.2 Å². The van der Waals surface area contributed by atoms with Gasteiger partial charge in [0.05, 0.1) is 18.7 Å². The number of aliphatic hydroxyl groups is 1. The molecule has 15 heavy (non-hydrogen) atoms. The van der Waals surface area contributed by atoms with Gasteiger partial charge in [0.1, 0.15) is 0 Å². The van der Waals surface area contributed by atoms with Crippen LogP contribution in [0.3, 0.4) is 0 Å². The third-order valence-electron chi connectivity index (χ3n) is 1.85. The molecule has 5 N–H and O–H groups in total. The standard InChI is InChI=1S/C9H12BrN3O2/c10-6-1-2-8(11)7(5-6)9(15)13(12)3-4-14/h1-2,5,14H,3-4,11-12H2. The fourth-order valence-corrected chi connectivity index (χ4v) is 1.44. The van der Waals surface area contributed by atoms with Gasteiger partial charge in [-0.1, -0.05) is 15.9 Å². The molecule has 0 heterocycles. The summed E-state index contributed by atoms with van der Waals surface area (Å²) in [7, 11) is 0. The normalized spacial score (nSPS) is 10.1. The van der Waals surface area contributed by atoms with Gasteiger partial charge in [-0.15, -0.1) is 0 Å². The van der Waals surface area contributed by atoms with Crippen LogP contribution in [0.15, 0.2) is 22.7 Å².